The van der Waals surface area contributed by atoms with Crippen LogP contribution in [0, 0.1) is 5.82 Å². The van der Waals surface area contributed by atoms with Gasteiger partial charge in [0.2, 0.25) is 5.88 Å². The first-order valence-corrected chi connectivity index (χ1v) is 10.9. The lowest BCUT2D eigenvalue weighted by Crippen LogP contribution is -2.30. The maximum atomic E-state index is 13.6. The zero-order valence-electron chi connectivity index (χ0n) is 18.3. The summed E-state index contributed by atoms with van der Waals surface area (Å²) in [6, 6.07) is 4.42. The van der Waals surface area contributed by atoms with Gasteiger partial charge in [0.05, 0.1) is 32.0 Å². The fourth-order valence-electron chi connectivity index (χ4n) is 2.90. The van der Waals surface area contributed by atoms with Crippen LogP contribution in [-0.4, -0.2) is 45.2 Å². The van der Waals surface area contributed by atoms with Crippen LogP contribution < -0.4 is 9.50 Å². The second kappa shape index (κ2) is 10.2. The van der Waals surface area contributed by atoms with Crippen LogP contribution in [0.3, 0.4) is 0 Å². The van der Waals surface area contributed by atoms with Crippen molar-refractivity contribution in [2.75, 3.05) is 14.2 Å². The minimum Gasteiger partial charge on any atom is -0.465 e. The Bertz CT molecular complexity index is 1180. The third kappa shape index (κ3) is 5.73. The zero-order chi connectivity index (χ0) is 25.8. The van der Waals surface area contributed by atoms with Gasteiger partial charge >= 0.3 is 27.7 Å². The first-order valence-electron chi connectivity index (χ1n) is 9.47. The molecule has 1 heterocycles. The van der Waals surface area contributed by atoms with Gasteiger partial charge in [0.15, 0.2) is 0 Å². The molecule has 0 unspecified atom stereocenters. The smallest absolute Gasteiger partial charge is 0.465 e. The number of nitrogens with zero attached hydrogens (tertiary/aromatic N) is 1. The molecule has 34 heavy (non-hydrogen) atoms. The monoisotopic (exact) mass is 508 g/mol. The summed E-state index contributed by atoms with van der Waals surface area (Å²) < 4.78 is 89.9. The lowest BCUT2D eigenvalue weighted by atomic mass is 9.90. The first kappa shape index (κ1) is 26.8. The molecule has 2 aromatic rings. The number of benzene rings is 1. The lowest BCUT2D eigenvalue weighted by Gasteiger charge is -2.22. The van der Waals surface area contributed by atoms with Crippen LogP contribution in [0.1, 0.15) is 41.4 Å². The highest BCUT2D eigenvalue weighted by Gasteiger charge is 2.49. The van der Waals surface area contributed by atoms with Crippen molar-refractivity contribution < 1.29 is 49.2 Å². The molecule has 0 bridgehead atoms. The molecule has 1 amide bonds. The van der Waals surface area contributed by atoms with E-state index in [-0.39, 0.29) is 22.4 Å². The number of hydrogen-bond acceptors (Lipinski definition) is 8. The number of hydrogen-bond donors (Lipinski definition) is 1. The van der Waals surface area contributed by atoms with Crippen LogP contribution in [0.25, 0.3) is 11.1 Å². The van der Waals surface area contributed by atoms with E-state index >= 15 is 0 Å². The Labute approximate surface area is 192 Å². The normalized spacial score (nSPS) is 11.8. The lowest BCUT2D eigenvalue weighted by molar-refractivity contribution is -0.0501. The van der Waals surface area contributed by atoms with Gasteiger partial charge < -0.3 is 19.0 Å². The molecule has 1 aromatic heterocycles. The first-order chi connectivity index (χ1) is 15.7. The average molecular weight is 508 g/mol. The summed E-state index contributed by atoms with van der Waals surface area (Å²) in [4.78, 5) is 28.2. The number of halogens is 4. The fraction of sp³-hybridized carbons (Fsp3) is 0.350. The molecule has 0 aliphatic rings. The van der Waals surface area contributed by atoms with Crippen LogP contribution >= 0.6 is 0 Å². The number of rotatable bonds is 7. The van der Waals surface area contributed by atoms with Crippen molar-refractivity contribution in [2.24, 2.45) is 0 Å². The number of methoxy groups -OCH3 is 2. The highest BCUT2D eigenvalue weighted by Crippen LogP contribution is 2.39. The highest BCUT2D eigenvalue weighted by atomic mass is 32.2. The Hall–Kier alpha value is -3.42. The van der Waals surface area contributed by atoms with Crippen molar-refractivity contribution >= 4 is 22.2 Å². The minimum atomic E-state index is -6.19. The van der Waals surface area contributed by atoms with Crippen LogP contribution in [0.2, 0.25) is 0 Å². The standard InChI is InChI=1S/C20H20F4N2O7S/c1-10(2)16-15(18(27)31-3)14(11-5-7-12(21)8-6-11)13(9-25-19(28)32-4)17(26-16)33-34(29,30)20(22,23)24/h5-8,10H,9H2,1-4H3,(H,25,28). The molecular weight excluding hydrogens is 488 g/mol. The Balaban J connectivity index is 3.00. The molecule has 0 spiro atoms. The number of nitrogens with one attached hydrogen (secondary N) is 1. The van der Waals surface area contributed by atoms with Crippen molar-refractivity contribution in [1.82, 2.24) is 10.3 Å². The number of pyridine rings is 1. The van der Waals surface area contributed by atoms with E-state index in [2.05, 4.69) is 19.2 Å². The van der Waals surface area contributed by atoms with E-state index in [0.717, 1.165) is 26.4 Å². The third-order valence-corrected chi connectivity index (χ3v) is 5.37. The third-order valence-electron chi connectivity index (χ3n) is 4.42. The molecule has 1 aromatic carbocycles. The number of aromatic nitrogens is 1. The Morgan fingerprint density at radius 2 is 1.68 bits per heavy atom. The van der Waals surface area contributed by atoms with Gasteiger partial charge in [0.1, 0.15) is 5.82 Å². The number of ether oxygens (including phenoxy) is 2. The van der Waals surface area contributed by atoms with Gasteiger partial charge in [-0.15, -0.1) is 0 Å². The SMILES string of the molecule is COC(=O)NCc1c(OS(=O)(=O)C(F)(F)F)nc(C(C)C)c(C(=O)OC)c1-c1ccc(F)cc1. The molecule has 0 saturated carbocycles. The number of alkyl carbamates (subject to hydrolysis) is 1. The van der Waals surface area contributed by atoms with Crippen molar-refractivity contribution in [3.05, 3.63) is 46.9 Å². The van der Waals surface area contributed by atoms with Gasteiger partial charge in [0.25, 0.3) is 0 Å². The van der Waals surface area contributed by atoms with Gasteiger partial charge in [-0.25, -0.2) is 19.0 Å². The van der Waals surface area contributed by atoms with Gasteiger partial charge in [-0.2, -0.15) is 21.6 Å². The molecule has 14 heteroatoms. The Morgan fingerprint density at radius 1 is 1.09 bits per heavy atom. The molecular formula is C20H20F4N2O7S. The van der Waals surface area contributed by atoms with Crippen molar-refractivity contribution in [3.8, 4) is 17.0 Å². The molecule has 1 N–H and O–H groups in total. The van der Waals surface area contributed by atoms with E-state index in [4.69, 9.17) is 4.74 Å². The zero-order valence-corrected chi connectivity index (χ0v) is 19.1. The number of amides is 1. The van der Waals surface area contributed by atoms with Crippen LogP contribution in [0.4, 0.5) is 22.4 Å². The van der Waals surface area contributed by atoms with E-state index in [9.17, 15) is 35.6 Å². The van der Waals surface area contributed by atoms with Gasteiger partial charge in [-0.1, -0.05) is 26.0 Å². The Morgan fingerprint density at radius 3 is 2.15 bits per heavy atom. The second-order valence-corrected chi connectivity index (χ2v) is 8.55. The molecule has 2 rings (SSSR count). The summed E-state index contributed by atoms with van der Waals surface area (Å²) in [5, 5.41) is 2.18. The molecule has 0 radical (unpaired) electrons. The topological polar surface area (TPSA) is 121 Å². The summed E-state index contributed by atoms with van der Waals surface area (Å²) in [5.74, 6) is -3.29. The predicted octanol–water partition coefficient (Wildman–Crippen LogP) is 3.88. The number of carbonyl (C=O) groups is 2. The van der Waals surface area contributed by atoms with E-state index in [1.54, 1.807) is 0 Å². The van der Waals surface area contributed by atoms with Crippen molar-refractivity contribution in [1.29, 1.82) is 0 Å². The predicted molar refractivity (Wildman–Crippen MR) is 110 cm³/mol. The van der Waals surface area contributed by atoms with Gasteiger partial charge in [0, 0.05) is 11.1 Å². The van der Waals surface area contributed by atoms with E-state index < -0.39 is 57.4 Å². The van der Waals surface area contributed by atoms with Crippen LogP contribution in [0.5, 0.6) is 5.88 Å². The summed E-state index contributed by atoms with van der Waals surface area (Å²) >= 11 is 0. The number of alkyl halides is 3. The van der Waals surface area contributed by atoms with Crippen molar-refractivity contribution in [2.45, 2.75) is 31.8 Å². The van der Waals surface area contributed by atoms with E-state index in [1.807, 2.05) is 0 Å². The van der Waals surface area contributed by atoms with Gasteiger partial charge in [-0.3, -0.25) is 0 Å². The van der Waals surface area contributed by atoms with Gasteiger partial charge in [-0.05, 0) is 23.6 Å². The number of carbonyl (C=O) groups excluding carboxylic acids is 2. The molecule has 0 saturated heterocycles. The summed E-state index contributed by atoms with van der Waals surface area (Å²) in [6.07, 6.45) is -1.03. The number of esters is 1. The molecule has 0 aliphatic carbocycles. The molecule has 0 fully saturated rings. The summed E-state index contributed by atoms with van der Waals surface area (Å²) in [5.41, 5.74) is -6.69. The van der Waals surface area contributed by atoms with Crippen LogP contribution in [0.15, 0.2) is 24.3 Å². The largest absolute Gasteiger partial charge is 0.534 e. The average Bonchev–Trinajstić information content (AvgIpc) is 2.76. The summed E-state index contributed by atoms with van der Waals surface area (Å²) in [6.45, 7) is 2.41. The molecule has 9 nitrogen and oxygen atoms in total. The quantitative estimate of drug-likeness (QED) is 0.259. The van der Waals surface area contributed by atoms with E-state index in [0.29, 0.717) is 0 Å². The molecule has 0 atom stereocenters. The molecule has 186 valence electrons. The highest BCUT2D eigenvalue weighted by molar-refractivity contribution is 7.87. The maximum absolute atomic E-state index is 13.6. The Kier molecular flexibility index (Phi) is 8.08. The maximum Gasteiger partial charge on any atom is 0.534 e. The fourth-order valence-corrected chi connectivity index (χ4v) is 3.34. The molecule has 0 aliphatic heterocycles. The van der Waals surface area contributed by atoms with E-state index in [1.165, 1.54) is 26.0 Å². The van der Waals surface area contributed by atoms with Crippen molar-refractivity contribution in [3.63, 3.8) is 0 Å². The van der Waals surface area contributed by atoms with Crippen LogP contribution in [-0.2, 0) is 26.1 Å². The minimum absolute atomic E-state index is 0.0852. The summed E-state index contributed by atoms with van der Waals surface area (Å²) in [7, 11) is -4.12. The second-order valence-electron chi connectivity index (χ2n) is 7.01.